The molecule has 1 fully saturated rings. The highest BCUT2D eigenvalue weighted by Gasteiger charge is 2.39. The molecule has 1 saturated heterocycles. The minimum atomic E-state index is -0.0408. The van der Waals surface area contributed by atoms with Crippen LogP contribution in [0.5, 0.6) is 0 Å². The van der Waals surface area contributed by atoms with Gasteiger partial charge in [-0.25, -0.2) is 9.97 Å². The minimum Gasteiger partial charge on any atom is -0.367 e. The van der Waals surface area contributed by atoms with E-state index >= 15 is 0 Å². The zero-order chi connectivity index (χ0) is 17.3. The number of aromatic nitrogens is 4. The predicted octanol–water partition coefficient (Wildman–Crippen LogP) is 1.02. The molecule has 3 heterocycles. The molecule has 2 atom stereocenters. The Labute approximate surface area is 140 Å². The van der Waals surface area contributed by atoms with Crippen molar-refractivity contribution in [3.8, 4) is 6.07 Å². The molecule has 0 bridgehead atoms. The van der Waals surface area contributed by atoms with Crippen molar-refractivity contribution in [2.24, 2.45) is 13.0 Å². The Bertz CT molecular complexity index is 807. The normalized spacial score (nSPS) is 20.2. The number of amides is 1. The summed E-state index contributed by atoms with van der Waals surface area (Å²) in [6.07, 6.45) is 5.30. The maximum Gasteiger partial charge on any atom is 0.223 e. The van der Waals surface area contributed by atoms with Crippen molar-refractivity contribution in [2.45, 2.75) is 19.4 Å². The van der Waals surface area contributed by atoms with Gasteiger partial charge in [0.25, 0.3) is 0 Å². The molecule has 2 aromatic rings. The molecule has 0 aliphatic carbocycles. The number of hydrogen-bond acceptors (Lipinski definition) is 6. The standard InChI is InChI=1S/C16H19N7O/c1-10-12(9-21-23(10)3)15-11(6-14(24)22(15)2)8-20-16-13(7-17)18-4-5-19-16/h4-5,9,11,15H,6,8H2,1-3H3,(H,19,20)/t11-,15+/m0/s1. The Kier molecular flexibility index (Phi) is 4.16. The van der Waals surface area contributed by atoms with Crippen LogP contribution < -0.4 is 5.32 Å². The van der Waals surface area contributed by atoms with Crippen LogP contribution in [0.25, 0.3) is 0 Å². The number of nitrogens with one attached hydrogen (secondary N) is 1. The molecule has 1 amide bonds. The van der Waals surface area contributed by atoms with Gasteiger partial charge in [0.05, 0.1) is 12.2 Å². The predicted molar refractivity (Wildman–Crippen MR) is 86.8 cm³/mol. The summed E-state index contributed by atoms with van der Waals surface area (Å²) in [5.41, 5.74) is 2.35. The fourth-order valence-corrected chi connectivity index (χ4v) is 3.18. The van der Waals surface area contributed by atoms with E-state index < -0.39 is 0 Å². The molecule has 8 heteroatoms. The summed E-state index contributed by atoms with van der Waals surface area (Å²) in [7, 11) is 3.71. The van der Waals surface area contributed by atoms with Crippen LogP contribution in [-0.4, -0.2) is 44.1 Å². The van der Waals surface area contributed by atoms with Crippen molar-refractivity contribution in [3.05, 3.63) is 35.5 Å². The molecule has 1 N–H and O–H groups in total. The zero-order valence-corrected chi connectivity index (χ0v) is 13.9. The van der Waals surface area contributed by atoms with E-state index in [4.69, 9.17) is 5.26 Å². The fourth-order valence-electron chi connectivity index (χ4n) is 3.18. The summed E-state index contributed by atoms with van der Waals surface area (Å²) in [5, 5.41) is 16.6. The second-order valence-corrected chi connectivity index (χ2v) is 5.97. The van der Waals surface area contributed by atoms with E-state index in [1.165, 1.54) is 12.4 Å². The molecule has 0 aromatic carbocycles. The average Bonchev–Trinajstić information content (AvgIpc) is 3.06. The first-order valence-electron chi connectivity index (χ1n) is 7.72. The van der Waals surface area contributed by atoms with Crippen LogP contribution in [0, 0.1) is 24.2 Å². The Morgan fingerprint density at radius 2 is 2.12 bits per heavy atom. The highest BCUT2D eigenvalue weighted by Crippen LogP contribution is 2.38. The van der Waals surface area contributed by atoms with E-state index in [0.29, 0.717) is 18.8 Å². The number of anilines is 1. The molecule has 2 aromatic heterocycles. The fraction of sp³-hybridized carbons (Fsp3) is 0.438. The average molecular weight is 325 g/mol. The van der Waals surface area contributed by atoms with Gasteiger partial charge in [0.1, 0.15) is 6.07 Å². The van der Waals surface area contributed by atoms with Crippen molar-refractivity contribution in [2.75, 3.05) is 18.9 Å². The van der Waals surface area contributed by atoms with E-state index in [2.05, 4.69) is 20.4 Å². The van der Waals surface area contributed by atoms with E-state index in [1.54, 1.807) is 4.90 Å². The molecule has 124 valence electrons. The molecular weight excluding hydrogens is 306 g/mol. The molecule has 0 unspecified atom stereocenters. The van der Waals surface area contributed by atoms with Crippen molar-refractivity contribution in [1.82, 2.24) is 24.6 Å². The Morgan fingerprint density at radius 1 is 1.38 bits per heavy atom. The third-order valence-corrected chi connectivity index (χ3v) is 4.62. The van der Waals surface area contributed by atoms with Crippen molar-refractivity contribution < 1.29 is 4.79 Å². The second kappa shape index (κ2) is 6.28. The minimum absolute atomic E-state index is 0.0408. The molecule has 1 aliphatic heterocycles. The monoisotopic (exact) mass is 325 g/mol. The molecule has 0 saturated carbocycles. The molecule has 1 aliphatic rings. The molecule has 0 spiro atoms. The lowest BCUT2D eigenvalue weighted by molar-refractivity contribution is -0.127. The lowest BCUT2D eigenvalue weighted by atomic mass is 9.94. The maximum absolute atomic E-state index is 12.2. The third kappa shape index (κ3) is 2.69. The van der Waals surface area contributed by atoms with E-state index in [1.807, 2.05) is 38.0 Å². The summed E-state index contributed by atoms with van der Waals surface area (Å²) < 4.78 is 1.81. The van der Waals surface area contributed by atoms with Crippen LogP contribution in [0.3, 0.4) is 0 Å². The summed E-state index contributed by atoms with van der Waals surface area (Å²) in [5.74, 6) is 0.623. The van der Waals surface area contributed by atoms with E-state index in [0.717, 1.165) is 11.3 Å². The van der Waals surface area contributed by atoms with Crippen LogP contribution in [0.2, 0.25) is 0 Å². The van der Waals surface area contributed by atoms with Gasteiger partial charge < -0.3 is 10.2 Å². The van der Waals surface area contributed by atoms with Gasteiger partial charge in [0, 0.05) is 56.6 Å². The quantitative estimate of drug-likeness (QED) is 0.901. The Morgan fingerprint density at radius 3 is 2.79 bits per heavy atom. The number of hydrogen-bond donors (Lipinski definition) is 1. The van der Waals surface area contributed by atoms with E-state index in [9.17, 15) is 4.79 Å². The Hall–Kier alpha value is -2.95. The number of rotatable bonds is 4. The lowest BCUT2D eigenvalue weighted by Crippen LogP contribution is -2.27. The first kappa shape index (κ1) is 15.9. The van der Waals surface area contributed by atoms with E-state index in [-0.39, 0.29) is 23.6 Å². The van der Waals surface area contributed by atoms with Gasteiger partial charge in [-0.1, -0.05) is 0 Å². The van der Waals surface area contributed by atoms with Crippen molar-refractivity contribution in [1.29, 1.82) is 5.26 Å². The van der Waals surface area contributed by atoms with Crippen LogP contribution in [-0.2, 0) is 11.8 Å². The first-order valence-corrected chi connectivity index (χ1v) is 7.72. The van der Waals surface area contributed by atoms with Crippen LogP contribution in [0.1, 0.15) is 29.4 Å². The van der Waals surface area contributed by atoms with Crippen LogP contribution in [0.15, 0.2) is 18.6 Å². The van der Waals surface area contributed by atoms with Crippen molar-refractivity contribution >= 4 is 11.7 Å². The molecular formula is C16H19N7O. The number of likely N-dealkylation sites (tertiary alicyclic amines) is 1. The maximum atomic E-state index is 12.2. The number of nitrogens with zero attached hydrogens (tertiary/aromatic N) is 6. The largest absolute Gasteiger partial charge is 0.367 e. The smallest absolute Gasteiger partial charge is 0.223 e. The van der Waals surface area contributed by atoms with Gasteiger partial charge in [-0.2, -0.15) is 10.4 Å². The third-order valence-electron chi connectivity index (χ3n) is 4.62. The van der Waals surface area contributed by atoms with Crippen molar-refractivity contribution in [3.63, 3.8) is 0 Å². The van der Waals surface area contributed by atoms with Gasteiger partial charge in [0.2, 0.25) is 5.91 Å². The highest BCUT2D eigenvalue weighted by molar-refractivity contribution is 5.79. The molecule has 3 rings (SSSR count). The van der Waals surface area contributed by atoms with Gasteiger partial charge in [0.15, 0.2) is 11.5 Å². The number of carbonyl (C=O) groups is 1. The second-order valence-electron chi connectivity index (χ2n) is 5.97. The molecule has 0 radical (unpaired) electrons. The molecule has 24 heavy (non-hydrogen) atoms. The highest BCUT2D eigenvalue weighted by atomic mass is 16.2. The molecule has 8 nitrogen and oxygen atoms in total. The number of aryl methyl sites for hydroxylation is 1. The SMILES string of the molecule is Cc1c([C@H]2[C@H](CNc3nccnc3C#N)CC(=O)N2C)cnn1C. The topological polar surface area (TPSA) is 99.7 Å². The van der Waals surface area contributed by atoms with Crippen LogP contribution in [0.4, 0.5) is 5.82 Å². The van der Waals surface area contributed by atoms with Gasteiger partial charge in [-0.3, -0.25) is 9.48 Å². The zero-order valence-electron chi connectivity index (χ0n) is 13.9. The van der Waals surface area contributed by atoms with Gasteiger partial charge in [-0.05, 0) is 6.92 Å². The van der Waals surface area contributed by atoms with Crippen LogP contribution >= 0.6 is 0 Å². The summed E-state index contributed by atoms with van der Waals surface area (Å²) >= 11 is 0. The summed E-state index contributed by atoms with van der Waals surface area (Å²) in [4.78, 5) is 22.1. The lowest BCUT2D eigenvalue weighted by Gasteiger charge is -2.25. The van der Waals surface area contributed by atoms with Gasteiger partial charge in [-0.15, -0.1) is 0 Å². The summed E-state index contributed by atoms with van der Waals surface area (Å²) in [6.45, 7) is 2.53. The first-order chi connectivity index (χ1) is 11.5. The summed E-state index contributed by atoms with van der Waals surface area (Å²) in [6, 6.07) is 1.98. The number of nitriles is 1. The van der Waals surface area contributed by atoms with Gasteiger partial charge >= 0.3 is 0 Å². The number of carbonyl (C=O) groups excluding carboxylic acids is 1. The Balaban J connectivity index is 1.82.